The molecule has 5 nitrogen and oxygen atoms in total. The first kappa shape index (κ1) is 24.5. The number of carbonyl (C=O) groups excluding carboxylic acids is 2. The molecular formula is C27H31NO4S2. The summed E-state index contributed by atoms with van der Waals surface area (Å²) in [5.74, 6) is -0.243. The third-order valence-electron chi connectivity index (χ3n) is 5.95. The van der Waals surface area contributed by atoms with Crippen LogP contribution in [-0.4, -0.2) is 41.8 Å². The number of benzene rings is 1. The van der Waals surface area contributed by atoms with Crippen LogP contribution in [-0.2, 0) is 19.7 Å². The number of hydrogen-bond acceptors (Lipinski definition) is 6. The summed E-state index contributed by atoms with van der Waals surface area (Å²) in [6.45, 7) is 8.56. The average molecular weight is 498 g/mol. The van der Waals surface area contributed by atoms with E-state index >= 15 is 0 Å². The molecule has 1 atom stereocenters. The largest absolute Gasteiger partial charge is 0.461 e. The van der Waals surface area contributed by atoms with Gasteiger partial charge in [0, 0.05) is 40.6 Å². The molecule has 1 fully saturated rings. The van der Waals surface area contributed by atoms with Gasteiger partial charge >= 0.3 is 12.1 Å². The van der Waals surface area contributed by atoms with Crippen LogP contribution in [0.15, 0.2) is 60.0 Å². The number of likely N-dealkylation sites (tertiary alicyclic amines) is 1. The molecule has 0 bridgehead atoms. The van der Waals surface area contributed by atoms with E-state index in [4.69, 9.17) is 9.47 Å². The summed E-state index contributed by atoms with van der Waals surface area (Å²) in [5, 5.41) is 1.99. The maximum absolute atomic E-state index is 13.7. The van der Waals surface area contributed by atoms with Crippen molar-refractivity contribution in [2.75, 3.05) is 13.1 Å². The van der Waals surface area contributed by atoms with Gasteiger partial charge in [0.2, 0.25) is 0 Å². The Hall–Kier alpha value is -2.64. The predicted octanol–water partition coefficient (Wildman–Crippen LogP) is 6.73. The van der Waals surface area contributed by atoms with Crippen molar-refractivity contribution in [3.63, 3.8) is 0 Å². The summed E-state index contributed by atoms with van der Waals surface area (Å²) in [6, 6.07) is 18.3. The van der Waals surface area contributed by atoms with Gasteiger partial charge in [-0.3, -0.25) is 4.79 Å². The molecular weight excluding hydrogens is 466 g/mol. The quantitative estimate of drug-likeness (QED) is 0.367. The summed E-state index contributed by atoms with van der Waals surface area (Å²) in [7, 11) is 0. The number of amides is 1. The molecule has 0 N–H and O–H groups in total. The Balaban J connectivity index is 1.48. The topological polar surface area (TPSA) is 55.8 Å². The molecule has 4 rings (SSSR count). The van der Waals surface area contributed by atoms with Crippen LogP contribution in [0.4, 0.5) is 4.79 Å². The third-order valence-corrected chi connectivity index (χ3v) is 8.39. The average Bonchev–Trinajstić information content (AvgIpc) is 3.51. The van der Waals surface area contributed by atoms with Crippen LogP contribution in [0.2, 0.25) is 0 Å². The van der Waals surface area contributed by atoms with E-state index in [9.17, 15) is 9.59 Å². The molecule has 1 amide bonds. The lowest BCUT2D eigenvalue weighted by Gasteiger charge is -2.35. The molecule has 7 heteroatoms. The highest BCUT2D eigenvalue weighted by Gasteiger charge is 2.43. The van der Waals surface area contributed by atoms with Crippen LogP contribution in [0, 0.1) is 0 Å². The normalized spacial score (nSPS) is 16.6. The third kappa shape index (κ3) is 5.36. The predicted molar refractivity (Wildman–Crippen MR) is 137 cm³/mol. The van der Waals surface area contributed by atoms with Gasteiger partial charge in [-0.25, -0.2) is 4.79 Å². The van der Waals surface area contributed by atoms with Crippen LogP contribution >= 0.6 is 22.7 Å². The van der Waals surface area contributed by atoms with Gasteiger partial charge in [-0.15, -0.1) is 22.7 Å². The lowest BCUT2D eigenvalue weighted by atomic mass is 9.86. The van der Waals surface area contributed by atoms with E-state index in [-0.39, 0.29) is 18.2 Å². The first-order valence-electron chi connectivity index (χ1n) is 11.6. The number of carbonyl (C=O) groups is 2. The van der Waals surface area contributed by atoms with Gasteiger partial charge in [-0.05, 0) is 56.8 Å². The van der Waals surface area contributed by atoms with Crippen LogP contribution in [0.1, 0.15) is 50.3 Å². The molecule has 0 aliphatic carbocycles. The van der Waals surface area contributed by atoms with Gasteiger partial charge in [0.05, 0.1) is 0 Å². The zero-order valence-electron chi connectivity index (χ0n) is 20.1. The van der Waals surface area contributed by atoms with Gasteiger partial charge in [-0.2, -0.15) is 0 Å². The molecule has 2 aromatic heterocycles. The van der Waals surface area contributed by atoms with Gasteiger partial charge in [0.1, 0.15) is 17.1 Å². The van der Waals surface area contributed by atoms with Crippen molar-refractivity contribution in [1.29, 1.82) is 0 Å². The highest BCUT2D eigenvalue weighted by molar-refractivity contribution is 7.16. The van der Waals surface area contributed by atoms with Crippen molar-refractivity contribution in [3.8, 4) is 10.4 Å². The Labute approximate surface area is 209 Å². The summed E-state index contributed by atoms with van der Waals surface area (Å²) >= 11 is 3.19. The smallest absolute Gasteiger partial charge is 0.410 e. The number of nitrogens with zero attached hydrogens (tertiary/aromatic N) is 1. The van der Waals surface area contributed by atoms with Crippen molar-refractivity contribution >= 4 is 34.7 Å². The number of piperidine rings is 1. The lowest BCUT2D eigenvalue weighted by molar-refractivity contribution is -0.155. The number of esters is 1. The molecule has 1 aliphatic rings. The zero-order chi connectivity index (χ0) is 24.3. The van der Waals surface area contributed by atoms with E-state index in [1.807, 2.05) is 69.5 Å². The fourth-order valence-corrected chi connectivity index (χ4v) is 6.12. The monoisotopic (exact) mass is 497 g/mol. The van der Waals surface area contributed by atoms with E-state index in [0.717, 1.165) is 20.2 Å². The standard InChI is InChI=1S/C27H31NO4S2/c1-26(2,3)32-25(30)28-16-14-20(15-17-28)31-24(29)27(4,22-11-8-18-33-22)23-13-12-21(34-23)19-9-6-5-7-10-19/h5-13,18,20H,14-17H2,1-4H3. The highest BCUT2D eigenvalue weighted by Crippen LogP contribution is 2.42. The fraction of sp³-hybridized carbons (Fsp3) is 0.407. The number of thiophene rings is 2. The molecule has 1 unspecified atom stereocenters. The second-order valence-electron chi connectivity index (χ2n) is 9.70. The Kier molecular flexibility index (Phi) is 7.14. The first-order valence-corrected chi connectivity index (χ1v) is 13.2. The summed E-state index contributed by atoms with van der Waals surface area (Å²) in [4.78, 5) is 30.8. The van der Waals surface area contributed by atoms with Gasteiger partial charge in [0.25, 0.3) is 0 Å². The second-order valence-corrected chi connectivity index (χ2v) is 11.7. The van der Waals surface area contributed by atoms with Gasteiger partial charge in [-0.1, -0.05) is 36.4 Å². The molecule has 0 spiro atoms. The number of hydrogen-bond donors (Lipinski definition) is 0. The molecule has 1 saturated heterocycles. The van der Waals surface area contributed by atoms with Crippen molar-refractivity contribution < 1.29 is 19.1 Å². The van der Waals surface area contributed by atoms with Crippen LogP contribution in [0.3, 0.4) is 0 Å². The highest BCUT2D eigenvalue weighted by atomic mass is 32.1. The van der Waals surface area contributed by atoms with Crippen molar-refractivity contribution in [2.45, 2.75) is 57.7 Å². The molecule has 1 aromatic carbocycles. The maximum atomic E-state index is 13.7. The van der Waals surface area contributed by atoms with Crippen molar-refractivity contribution in [2.24, 2.45) is 0 Å². The van der Waals surface area contributed by atoms with Gasteiger partial charge in [0.15, 0.2) is 0 Å². The minimum atomic E-state index is -0.881. The first-order chi connectivity index (χ1) is 16.2. The SMILES string of the molecule is CC(C)(C)OC(=O)N1CCC(OC(=O)C(C)(c2cccs2)c2ccc(-c3ccccc3)s2)CC1. The second kappa shape index (κ2) is 9.92. The Morgan fingerprint density at radius 3 is 2.24 bits per heavy atom. The van der Waals surface area contributed by atoms with E-state index in [2.05, 4.69) is 18.2 Å². The van der Waals surface area contributed by atoms with E-state index in [1.165, 1.54) is 0 Å². The van der Waals surface area contributed by atoms with Crippen LogP contribution in [0.5, 0.6) is 0 Å². The Bertz CT molecular complexity index is 1110. The summed E-state index contributed by atoms with van der Waals surface area (Å²) in [6.07, 6.45) is 0.669. The van der Waals surface area contributed by atoms with Crippen molar-refractivity contribution in [3.05, 3.63) is 69.7 Å². The van der Waals surface area contributed by atoms with Crippen LogP contribution in [0.25, 0.3) is 10.4 Å². The maximum Gasteiger partial charge on any atom is 0.410 e. The number of rotatable bonds is 5. The molecule has 180 valence electrons. The van der Waals surface area contributed by atoms with Crippen molar-refractivity contribution in [1.82, 2.24) is 4.90 Å². The lowest BCUT2D eigenvalue weighted by Crippen LogP contribution is -2.45. The summed E-state index contributed by atoms with van der Waals surface area (Å²) < 4.78 is 11.5. The van der Waals surface area contributed by atoms with E-state index in [0.29, 0.717) is 25.9 Å². The van der Waals surface area contributed by atoms with E-state index in [1.54, 1.807) is 27.6 Å². The summed E-state index contributed by atoms with van der Waals surface area (Å²) in [5.41, 5.74) is -0.272. The molecule has 3 heterocycles. The van der Waals surface area contributed by atoms with Crippen LogP contribution < -0.4 is 0 Å². The molecule has 3 aromatic rings. The number of ether oxygens (including phenoxy) is 2. The van der Waals surface area contributed by atoms with Gasteiger partial charge < -0.3 is 14.4 Å². The molecule has 0 saturated carbocycles. The molecule has 34 heavy (non-hydrogen) atoms. The Morgan fingerprint density at radius 1 is 0.912 bits per heavy atom. The Morgan fingerprint density at radius 2 is 1.62 bits per heavy atom. The minimum absolute atomic E-state index is 0.223. The van der Waals surface area contributed by atoms with E-state index < -0.39 is 11.0 Å². The molecule has 1 aliphatic heterocycles. The fourth-order valence-electron chi connectivity index (χ4n) is 4.00. The zero-order valence-corrected chi connectivity index (χ0v) is 21.7. The minimum Gasteiger partial charge on any atom is -0.461 e. The molecule has 0 radical (unpaired) electrons.